The number of aromatic amines is 1. The molecule has 0 aliphatic rings. The van der Waals surface area contributed by atoms with E-state index < -0.39 is 0 Å². The fourth-order valence-corrected chi connectivity index (χ4v) is 4.40. The van der Waals surface area contributed by atoms with Crippen LogP contribution >= 0.6 is 35.0 Å². The van der Waals surface area contributed by atoms with Gasteiger partial charge in [0.1, 0.15) is 22.6 Å². The quantitative estimate of drug-likeness (QED) is 0.267. The SMILES string of the molecule is Cn1nc(CSc2ccccc2)c(CNc2n[nH]c(Nc3cccc(Cl)c3)c2C#N)c1Cl. The minimum Gasteiger partial charge on any atom is -0.363 e. The average Bonchev–Trinajstić information content (AvgIpc) is 3.31. The van der Waals surface area contributed by atoms with Crippen LogP contribution in [0.2, 0.25) is 10.2 Å². The number of halogens is 2. The van der Waals surface area contributed by atoms with Gasteiger partial charge in [-0.1, -0.05) is 47.5 Å². The Labute approximate surface area is 199 Å². The van der Waals surface area contributed by atoms with Crippen LogP contribution in [0.5, 0.6) is 0 Å². The summed E-state index contributed by atoms with van der Waals surface area (Å²) in [5, 5.41) is 28.8. The molecule has 0 bridgehead atoms. The molecule has 0 fully saturated rings. The molecule has 4 aromatic rings. The van der Waals surface area contributed by atoms with Gasteiger partial charge in [0.25, 0.3) is 0 Å². The molecule has 162 valence electrons. The van der Waals surface area contributed by atoms with Crippen LogP contribution < -0.4 is 10.6 Å². The second kappa shape index (κ2) is 10.0. The maximum absolute atomic E-state index is 9.68. The molecule has 10 heteroatoms. The molecule has 32 heavy (non-hydrogen) atoms. The van der Waals surface area contributed by atoms with Crippen molar-refractivity contribution in [2.24, 2.45) is 7.05 Å². The van der Waals surface area contributed by atoms with Gasteiger partial charge >= 0.3 is 0 Å². The Morgan fingerprint density at radius 1 is 1.16 bits per heavy atom. The highest BCUT2D eigenvalue weighted by molar-refractivity contribution is 7.98. The molecular weight excluding hydrogens is 465 g/mol. The molecule has 0 saturated heterocycles. The molecule has 4 rings (SSSR count). The number of nitriles is 1. The Morgan fingerprint density at radius 2 is 1.97 bits per heavy atom. The Kier molecular flexibility index (Phi) is 6.90. The number of hydrogen-bond acceptors (Lipinski definition) is 6. The maximum atomic E-state index is 9.68. The van der Waals surface area contributed by atoms with E-state index in [4.69, 9.17) is 23.2 Å². The van der Waals surface area contributed by atoms with Crippen molar-refractivity contribution in [2.75, 3.05) is 10.6 Å². The van der Waals surface area contributed by atoms with Crippen LogP contribution in [0.1, 0.15) is 16.8 Å². The van der Waals surface area contributed by atoms with Gasteiger partial charge in [-0.05, 0) is 30.3 Å². The first kappa shape index (κ1) is 22.1. The van der Waals surface area contributed by atoms with Gasteiger partial charge in [0.15, 0.2) is 5.82 Å². The summed E-state index contributed by atoms with van der Waals surface area (Å²) < 4.78 is 1.65. The molecule has 2 heterocycles. The van der Waals surface area contributed by atoms with Gasteiger partial charge < -0.3 is 10.6 Å². The summed E-state index contributed by atoms with van der Waals surface area (Å²) in [5.41, 5.74) is 2.86. The lowest BCUT2D eigenvalue weighted by atomic mass is 10.2. The molecule has 0 saturated carbocycles. The molecule has 2 aromatic carbocycles. The van der Waals surface area contributed by atoms with Crippen LogP contribution in [0, 0.1) is 11.3 Å². The van der Waals surface area contributed by atoms with E-state index in [1.807, 2.05) is 37.4 Å². The predicted molar refractivity (Wildman–Crippen MR) is 130 cm³/mol. The summed E-state index contributed by atoms with van der Waals surface area (Å²) in [4.78, 5) is 1.16. The van der Waals surface area contributed by atoms with E-state index in [0.717, 1.165) is 21.8 Å². The first-order valence-electron chi connectivity index (χ1n) is 9.68. The van der Waals surface area contributed by atoms with E-state index >= 15 is 0 Å². The first-order chi connectivity index (χ1) is 15.5. The van der Waals surface area contributed by atoms with E-state index in [1.165, 1.54) is 0 Å². The number of aromatic nitrogens is 4. The first-order valence-corrected chi connectivity index (χ1v) is 11.4. The molecule has 0 atom stereocenters. The van der Waals surface area contributed by atoms with Gasteiger partial charge in [-0.2, -0.15) is 15.5 Å². The number of aryl methyl sites for hydroxylation is 1. The van der Waals surface area contributed by atoms with Gasteiger partial charge in [-0.25, -0.2) is 0 Å². The van der Waals surface area contributed by atoms with Crippen molar-refractivity contribution in [2.45, 2.75) is 17.2 Å². The zero-order chi connectivity index (χ0) is 22.5. The number of thioether (sulfide) groups is 1. The number of rotatable bonds is 8. The van der Waals surface area contributed by atoms with Crippen LogP contribution in [0.15, 0.2) is 59.5 Å². The Morgan fingerprint density at radius 3 is 2.72 bits per heavy atom. The Hall–Kier alpha value is -3.12. The predicted octanol–water partition coefficient (Wildman–Crippen LogP) is 5.97. The lowest BCUT2D eigenvalue weighted by Crippen LogP contribution is -2.03. The third-order valence-electron chi connectivity index (χ3n) is 4.68. The molecule has 0 amide bonds. The van der Waals surface area contributed by atoms with Crippen LogP contribution in [0.4, 0.5) is 17.3 Å². The molecule has 0 aliphatic heterocycles. The fourth-order valence-electron chi connectivity index (χ4n) is 3.11. The largest absolute Gasteiger partial charge is 0.363 e. The summed E-state index contributed by atoms with van der Waals surface area (Å²) >= 11 is 14.2. The normalized spacial score (nSPS) is 10.7. The second-order valence-corrected chi connectivity index (χ2v) is 8.71. The number of nitrogens with zero attached hydrogens (tertiary/aromatic N) is 4. The highest BCUT2D eigenvalue weighted by Gasteiger charge is 2.18. The standard InChI is InChI=1S/C22H19Cl2N7S/c1-31-20(24)18(19(30-31)13-32-16-8-3-2-4-9-16)12-26-21-17(11-25)22(29-28-21)27-15-7-5-6-14(23)10-15/h2-10H,12-13H2,1H3,(H3,26,27,28,29). The third kappa shape index (κ3) is 5.02. The van der Waals surface area contributed by atoms with Crippen LogP contribution in [-0.2, 0) is 19.3 Å². The Bertz CT molecular complexity index is 1260. The lowest BCUT2D eigenvalue weighted by Gasteiger charge is -2.07. The summed E-state index contributed by atoms with van der Waals surface area (Å²) in [6.07, 6.45) is 0. The summed E-state index contributed by atoms with van der Waals surface area (Å²) in [7, 11) is 1.81. The van der Waals surface area contributed by atoms with Crippen LogP contribution in [-0.4, -0.2) is 20.0 Å². The van der Waals surface area contributed by atoms with Crippen LogP contribution in [0.3, 0.4) is 0 Å². The van der Waals surface area contributed by atoms with Crippen molar-refractivity contribution in [3.8, 4) is 6.07 Å². The minimum absolute atomic E-state index is 0.366. The van der Waals surface area contributed by atoms with Crippen molar-refractivity contribution >= 4 is 52.3 Å². The molecule has 0 unspecified atom stereocenters. The van der Waals surface area contributed by atoms with Crippen molar-refractivity contribution in [3.63, 3.8) is 0 Å². The number of H-pyrrole nitrogens is 1. The van der Waals surface area contributed by atoms with E-state index in [2.05, 4.69) is 44.1 Å². The zero-order valence-corrected chi connectivity index (χ0v) is 19.4. The Balaban J connectivity index is 1.49. The van der Waals surface area contributed by atoms with Crippen molar-refractivity contribution in [3.05, 3.63) is 81.6 Å². The number of hydrogen-bond donors (Lipinski definition) is 3. The van der Waals surface area contributed by atoms with Gasteiger partial charge in [-0.3, -0.25) is 9.78 Å². The summed E-state index contributed by atoms with van der Waals surface area (Å²) in [5.74, 6) is 1.59. The average molecular weight is 484 g/mol. The van der Waals surface area contributed by atoms with Crippen LogP contribution in [0.25, 0.3) is 0 Å². The third-order valence-corrected chi connectivity index (χ3v) is 6.41. The van der Waals surface area contributed by atoms with E-state index in [0.29, 0.717) is 39.7 Å². The minimum atomic E-state index is 0.366. The fraction of sp³-hybridized carbons (Fsp3) is 0.136. The molecule has 2 aromatic heterocycles. The molecule has 7 nitrogen and oxygen atoms in total. The van der Waals surface area contributed by atoms with Gasteiger partial charge in [-0.15, -0.1) is 11.8 Å². The van der Waals surface area contributed by atoms with Gasteiger partial charge in [0.2, 0.25) is 0 Å². The molecule has 0 radical (unpaired) electrons. The van der Waals surface area contributed by atoms with E-state index in [-0.39, 0.29) is 0 Å². The molecule has 3 N–H and O–H groups in total. The van der Waals surface area contributed by atoms with Crippen molar-refractivity contribution in [1.82, 2.24) is 20.0 Å². The molecule has 0 spiro atoms. The number of nitrogens with one attached hydrogen (secondary N) is 3. The summed E-state index contributed by atoms with van der Waals surface area (Å²) in [6.45, 7) is 0.382. The van der Waals surface area contributed by atoms with E-state index in [1.54, 1.807) is 28.6 Å². The zero-order valence-electron chi connectivity index (χ0n) is 17.1. The smallest absolute Gasteiger partial charge is 0.168 e. The number of anilines is 3. The lowest BCUT2D eigenvalue weighted by molar-refractivity contribution is 0.755. The van der Waals surface area contributed by atoms with E-state index in [9.17, 15) is 5.26 Å². The second-order valence-electron chi connectivity index (χ2n) is 6.86. The highest BCUT2D eigenvalue weighted by atomic mass is 35.5. The topological polar surface area (TPSA) is 94.3 Å². The van der Waals surface area contributed by atoms with Crippen molar-refractivity contribution < 1.29 is 0 Å². The van der Waals surface area contributed by atoms with Crippen molar-refractivity contribution in [1.29, 1.82) is 5.26 Å². The number of benzene rings is 2. The molecular formula is C22H19Cl2N7S. The molecule has 0 aliphatic carbocycles. The maximum Gasteiger partial charge on any atom is 0.168 e. The van der Waals surface area contributed by atoms with Gasteiger partial charge in [0, 0.05) is 40.5 Å². The van der Waals surface area contributed by atoms with Gasteiger partial charge in [0.05, 0.1) is 5.69 Å². The summed E-state index contributed by atoms with van der Waals surface area (Å²) in [6, 6.07) is 19.5. The highest BCUT2D eigenvalue weighted by Crippen LogP contribution is 2.29. The monoisotopic (exact) mass is 483 g/mol.